The molecule has 0 radical (unpaired) electrons. The molecule has 1 aromatic carbocycles. The summed E-state index contributed by atoms with van der Waals surface area (Å²) in [4.78, 5) is 10.7. The Hall–Kier alpha value is -1.91. The third-order valence-corrected chi connectivity index (χ3v) is 2.75. The minimum Gasteiger partial charge on any atom is -0.496 e. The number of hydrogen-bond acceptors (Lipinski definition) is 3. The summed E-state index contributed by atoms with van der Waals surface area (Å²) in [6.07, 6.45) is 0. The number of hydrogen-bond donors (Lipinski definition) is 2. The second-order valence-corrected chi connectivity index (χ2v) is 3.74. The van der Waals surface area contributed by atoms with Crippen molar-refractivity contribution >= 4 is 6.03 Å². The van der Waals surface area contributed by atoms with Crippen LogP contribution in [0.4, 0.5) is 4.79 Å². The van der Waals surface area contributed by atoms with E-state index in [1.165, 1.54) is 0 Å². The summed E-state index contributed by atoms with van der Waals surface area (Å²) in [7, 11) is 3.21. The number of ether oxygens (including phenoxy) is 2. The maximum absolute atomic E-state index is 10.7. The molecule has 0 spiro atoms. The van der Waals surface area contributed by atoms with Gasteiger partial charge in [0, 0.05) is 12.1 Å². The Morgan fingerprint density at radius 3 is 2.41 bits per heavy atom. The molecule has 0 aliphatic carbocycles. The lowest BCUT2D eigenvalue weighted by molar-refractivity contribution is 0.248. The van der Waals surface area contributed by atoms with Crippen molar-refractivity contribution in [3.63, 3.8) is 0 Å². The van der Waals surface area contributed by atoms with Gasteiger partial charge in [0.05, 0.1) is 14.2 Å². The molecule has 0 saturated heterocycles. The topological polar surface area (TPSA) is 73.6 Å². The molecule has 0 aliphatic rings. The molecule has 2 amide bonds. The average Bonchev–Trinajstić information content (AvgIpc) is 2.30. The zero-order valence-corrected chi connectivity index (χ0v) is 10.6. The lowest BCUT2D eigenvalue weighted by atomic mass is 10.0. The Bertz CT molecular complexity index is 430. The van der Waals surface area contributed by atoms with Crippen LogP contribution in [0.5, 0.6) is 11.5 Å². The van der Waals surface area contributed by atoms with Crippen LogP contribution >= 0.6 is 0 Å². The largest absolute Gasteiger partial charge is 0.496 e. The number of carbonyl (C=O) groups is 1. The summed E-state index contributed by atoms with van der Waals surface area (Å²) in [5.41, 5.74) is 7.90. The maximum atomic E-state index is 10.7. The van der Waals surface area contributed by atoms with Gasteiger partial charge in [-0.3, -0.25) is 0 Å². The number of carbonyl (C=O) groups excluding carboxylic acids is 1. The molecule has 0 aromatic heterocycles. The van der Waals surface area contributed by atoms with Crippen molar-refractivity contribution in [1.82, 2.24) is 5.32 Å². The SMILES string of the molecule is COc1cc(CNC(N)=O)c(OC)c(C)c1C. The predicted molar refractivity (Wildman–Crippen MR) is 65.4 cm³/mol. The van der Waals surface area contributed by atoms with E-state index in [2.05, 4.69) is 5.32 Å². The molecule has 5 heteroatoms. The molecule has 3 N–H and O–H groups in total. The summed E-state index contributed by atoms with van der Waals surface area (Å²) in [6, 6.07) is 1.28. The zero-order chi connectivity index (χ0) is 13.0. The van der Waals surface area contributed by atoms with Crippen LogP contribution in [0.3, 0.4) is 0 Å². The van der Waals surface area contributed by atoms with Gasteiger partial charge in [0.15, 0.2) is 0 Å². The molecule has 1 aromatic rings. The standard InChI is InChI=1S/C12H18N2O3/c1-7-8(2)11(17-4)9(5-10(7)16-3)6-14-12(13)15/h5H,6H2,1-4H3,(H3,13,14,15). The van der Waals surface area contributed by atoms with E-state index in [1.807, 2.05) is 19.9 Å². The average molecular weight is 238 g/mol. The van der Waals surface area contributed by atoms with Crippen molar-refractivity contribution in [2.24, 2.45) is 5.73 Å². The van der Waals surface area contributed by atoms with Crippen molar-refractivity contribution in [2.45, 2.75) is 20.4 Å². The summed E-state index contributed by atoms with van der Waals surface area (Å²) in [5, 5.41) is 2.54. The molecular formula is C12H18N2O3. The van der Waals surface area contributed by atoms with Gasteiger partial charge in [-0.25, -0.2) is 4.79 Å². The molecule has 0 saturated carbocycles. The number of rotatable bonds is 4. The lowest BCUT2D eigenvalue weighted by Gasteiger charge is -2.16. The molecule has 94 valence electrons. The molecule has 17 heavy (non-hydrogen) atoms. The Labute approximate surface area is 101 Å². The molecule has 0 fully saturated rings. The van der Waals surface area contributed by atoms with Crippen molar-refractivity contribution in [1.29, 1.82) is 0 Å². The smallest absolute Gasteiger partial charge is 0.312 e. The third-order valence-electron chi connectivity index (χ3n) is 2.75. The first-order valence-corrected chi connectivity index (χ1v) is 5.25. The van der Waals surface area contributed by atoms with E-state index in [9.17, 15) is 4.79 Å². The van der Waals surface area contributed by atoms with Gasteiger partial charge in [0.25, 0.3) is 0 Å². The fourth-order valence-electron chi connectivity index (χ4n) is 1.74. The molecule has 5 nitrogen and oxygen atoms in total. The van der Waals surface area contributed by atoms with Crippen LogP contribution in [0.15, 0.2) is 6.07 Å². The van der Waals surface area contributed by atoms with E-state index in [-0.39, 0.29) is 0 Å². The number of benzene rings is 1. The van der Waals surface area contributed by atoms with Crippen LogP contribution in [0.2, 0.25) is 0 Å². The first kappa shape index (κ1) is 13.2. The van der Waals surface area contributed by atoms with E-state index >= 15 is 0 Å². The van der Waals surface area contributed by atoms with E-state index < -0.39 is 6.03 Å². The lowest BCUT2D eigenvalue weighted by Crippen LogP contribution is -2.28. The first-order valence-electron chi connectivity index (χ1n) is 5.25. The van der Waals surface area contributed by atoms with Gasteiger partial charge in [-0.15, -0.1) is 0 Å². The molecule has 0 aliphatic heterocycles. The van der Waals surface area contributed by atoms with Crippen molar-refractivity contribution in [3.05, 3.63) is 22.8 Å². The second kappa shape index (κ2) is 5.43. The fraction of sp³-hybridized carbons (Fsp3) is 0.417. The van der Waals surface area contributed by atoms with Crippen LogP contribution in [-0.4, -0.2) is 20.3 Å². The molecule has 0 atom stereocenters. The highest BCUT2D eigenvalue weighted by Gasteiger charge is 2.13. The normalized spacial score (nSPS) is 9.88. The van der Waals surface area contributed by atoms with Crippen LogP contribution in [0.25, 0.3) is 0 Å². The monoisotopic (exact) mass is 238 g/mol. The quantitative estimate of drug-likeness (QED) is 0.834. The minimum absolute atomic E-state index is 0.315. The molecule has 0 bridgehead atoms. The number of methoxy groups -OCH3 is 2. The number of nitrogens with two attached hydrogens (primary N) is 1. The van der Waals surface area contributed by atoms with E-state index in [0.717, 1.165) is 28.2 Å². The first-order chi connectivity index (χ1) is 8.01. The second-order valence-electron chi connectivity index (χ2n) is 3.74. The van der Waals surface area contributed by atoms with Gasteiger partial charge < -0.3 is 20.5 Å². The third kappa shape index (κ3) is 2.81. The van der Waals surface area contributed by atoms with E-state index in [4.69, 9.17) is 15.2 Å². The molecular weight excluding hydrogens is 220 g/mol. The van der Waals surface area contributed by atoms with Crippen LogP contribution < -0.4 is 20.5 Å². The number of primary amides is 1. The van der Waals surface area contributed by atoms with Crippen molar-refractivity contribution in [2.75, 3.05) is 14.2 Å². The van der Waals surface area contributed by atoms with Gasteiger partial charge in [0.1, 0.15) is 11.5 Å². The Kier molecular flexibility index (Phi) is 4.20. The van der Waals surface area contributed by atoms with Gasteiger partial charge in [-0.05, 0) is 31.0 Å². The van der Waals surface area contributed by atoms with Gasteiger partial charge in [-0.2, -0.15) is 0 Å². The van der Waals surface area contributed by atoms with E-state index in [1.54, 1.807) is 14.2 Å². The Morgan fingerprint density at radius 2 is 1.94 bits per heavy atom. The summed E-state index contributed by atoms with van der Waals surface area (Å²) in [6.45, 7) is 4.22. The van der Waals surface area contributed by atoms with Gasteiger partial charge >= 0.3 is 6.03 Å². The molecule has 1 rings (SSSR count). The Balaban J connectivity index is 3.17. The van der Waals surface area contributed by atoms with E-state index in [0.29, 0.717) is 6.54 Å². The van der Waals surface area contributed by atoms with Gasteiger partial charge in [0.2, 0.25) is 0 Å². The maximum Gasteiger partial charge on any atom is 0.312 e. The number of nitrogens with one attached hydrogen (secondary N) is 1. The van der Waals surface area contributed by atoms with Crippen molar-refractivity contribution in [3.8, 4) is 11.5 Å². The minimum atomic E-state index is -0.566. The summed E-state index contributed by atoms with van der Waals surface area (Å²) >= 11 is 0. The number of urea groups is 1. The predicted octanol–water partition coefficient (Wildman–Crippen LogP) is 1.49. The Morgan fingerprint density at radius 1 is 1.29 bits per heavy atom. The van der Waals surface area contributed by atoms with Gasteiger partial charge in [-0.1, -0.05) is 0 Å². The molecule has 0 unspecified atom stereocenters. The highest BCUT2D eigenvalue weighted by molar-refractivity contribution is 5.71. The summed E-state index contributed by atoms with van der Waals surface area (Å²) < 4.78 is 10.6. The number of amides is 2. The van der Waals surface area contributed by atoms with Crippen LogP contribution in [-0.2, 0) is 6.54 Å². The van der Waals surface area contributed by atoms with Crippen LogP contribution in [0.1, 0.15) is 16.7 Å². The fourth-order valence-corrected chi connectivity index (χ4v) is 1.74. The van der Waals surface area contributed by atoms with Crippen molar-refractivity contribution < 1.29 is 14.3 Å². The summed E-state index contributed by atoms with van der Waals surface area (Å²) in [5.74, 6) is 1.52. The highest BCUT2D eigenvalue weighted by atomic mass is 16.5. The zero-order valence-electron chi connectivity index (χ0n) is 10.6. The van der Waals surface area contributed by atoms with Crippen LogP contribution in [0, 0.1) is 13.8 Å². The highest BCUT2D eigenvalue weighted by Crippen LogP contribution is 2.33. The molecule has 0 heterocycles.